The molecule has 0 heterocycles. The van der Waals surface area contributed by atoms with Crippen LogP contribution in [0.15, 0.2) is 30.3 Å². The van der Waals surface area contributed by atoms with E-state index in [1.807, 2.05) is 18.2 Å². The van der Waals surface area contributed by atoms with Gasteiger partial charge in [-0.05, 0) is 18.5 Å². The molecule has 0 saturated heterocycles. The number of carbonyl (C=O) groups excluding carboxylic acids is 1. The predicted molar refractivity (Wildman–Crippen MR) is 69.5 cm³/mol. The molecular formula is C13H21N3O. The molecule has 0 atom stereocenters. The van der Waals surface area contributed by atoms with Crippen molar-refractivity contribution in [3.63, 3.8) is 0 Å². The molecule has 0 spiro atoms. The Morgan fingerprint density at radius 3 is 2.65 bits per heavy atom. The van der Waals surface area contributed by atoms with Crippen LogP contribution < -0.4 is 11.1 Å². The summed E-state index contributed by atoms with van der Waals surface area (Å²) in [4.78, 5) is 13.5. The van der Waals surface area contributed by atoms with Gasteiger partial charge in [0, 0.05) is 20.1 Å². The SMILES string of the molecule is CNC(=O)CN(CCCN)Cc1ccccc1. The van der Waals surface area contributed by atoms with Gasteiger partial charge in [-0.15, -0.1) is 0 Å². The molecule has 0 aliphatic heterocycles. The molecule has 0 unspecified atom stereocenters. The molecular weight excluding hydrogens is 214 g/mol. The summed E-state index contributed by atoms with van der Waals surface area (Å²) in [7, 11) is 1.66. The summed E-state index contributed by atoms with van der Waals surface area (Å²) in [6.07, 6.45) is 0.907. The highest BCUT2D eigenvalue weighted by Gasteiger charge is 2.09. The topological polar surface area (TPSA) is 58.4 Å². The van der Waals surface area contributed by atoms with Crippen LogP contribution in [-0.4, -0.2) is 37.5 Å². The molecule has 4 nitrogen and oxygen atoms in total. The number of hydrogen-bond acceptors (Lipinski definition) is 3. The molecule has 1 amide bonds. The quantitative estimate of drug-likeness (QED) is 0.727. The van der Waals surface area contributed by atoms with Gasteiger partial charge in [-0.25, -0.2) is 0 Å². The minimum Gasteiger partial charge on any atom is -0.358 e. The molecule has 3 N–H and O–H groups in total. The number of nitrogens with zero attached hydrogens (tertiary/aromatic N) is 1. The first-order valence-electron chi connectivity index (χ1n) is 5.93. The Labute approximate surface area is 103 Å². The average Bonchev–Trinajstić information content (AvgIpc) is 2.37. The summed E-state index contributed by atoms with van der Waals surface area (Å²) in [6.45, 7) is 2.71. The highest BCUT2D eigenvalue weighted by atomic mass is 16.1. The van der Waals surface area contributed by atoms with Crippen molar-refractivity contribution in [1.29, 1.82) is 0 Å². The summed E-state index contributed by atoms with van der Waals surface area (Å²) >= 11 is 0. The van der Waals surface area contributed by atoms with Crippen molar-refractivity contribution in [3.05, 3.63) is 35.9 Å². The largest absolute Gasteiger partial charge is 0.358 e. The molecule has 1 aromatic rings. The Kier molecular flexibility index (Phi) is 6.29. The van der Waals surface area contributed by atoms with Crippen LogP contribution in [0.25, 0.3) is 0 Å². The van der Waals surface area contributed by atoms with Crippen LogP contribution in [0.2, 0.25) is 0 Å². The van der Waals surface area contributed by atoms with Crippen molar-refractivity contribution >= 4 is 5.91 Å². The minimum absolute atomic E-state index is 0.0398. The lowest BCUT2D eigenvalue weighted by Gasteiger charge is -2.21. The lowest BCUT2D eigenvalue weighted by Crippen LogP contribution is -2.36. The van der Waals surface area contributed by atoms with Gasteiger partial charge < -0.3 is 11.1 Å². The number of carbonyl (C=O) groups is 1. The fourth-order valence-corrected chi connectivity index (χ4v) is 1.65. The number of amides is 1. The average molecular weight is 235 g/mol. The minimum atomic E-state index is 0.0398. The van der Waals surface area contributed by atoms with Crippen LogP contribution in [0.4, 0.5) is 0 Å². The van der Waals surface area contributed by atoms with E-state index in [0.717, 1.165) is 19.5 Å². The molecule has 17 heavy (non-hydrogen) atoms. The lowest BCUT2D eigenvalue weighted by atomic mass is 10.2. The van der Waals surface area contributed by atoms with Crippen molar-refractivity contribution in [2.24, 2.45) is 5.73 Å². The Bertz CT molecular complexity index is 327. The summed E-state index contributed by atoms with van der Waals surface area (Å²) in [5, 5.41) is 2.65. The van der Waals surface area contributed by atoms with Gasteiger partial charge in [-0.2, -0.15) is 0 Å². The number of nitrogens with two attached hydrogens (primary N) is 1. The predicted octanol–water partition coefficient (Wildman–Crippen LogP) is 0.583. The van der Waals surface area contributed by atoms with Crippen molar-refractivity contribution in [1.82, 2.24) is 10.2 Å². The molecule has 0 aromatic heterocycles. The van der Waals surface area contributed by atoms with E-state index in [1.165, 1.54) is 5.56 Å². The van der Waals surface area contributed by atoms with Gasteiger partial charge >= 0.3 is 0 Å². The zero-order valence-electron chi connectivity index (χ0n) is 10.4. The zero-order valence-corrected chi connectivity index (χ0v) is 10.4. The molecule has 0 aliphatic rings. The van der Waals surface area contributed by atoms with E-state index in [2.05, 4.69) is 22.3 Å². The molecule has 1 rings (SSSR count). The van der Waals surface area contributed by atoms with Crippen LogP contribution >= 0.6 is 0 Å². The van der Waals surface area contributed by atoms with E-state index in [1.54, 1.807) is 7.05 Å². The Hall–Kier alpha value is -1.39. The van der Waals surface area contributed by atoms with Gasteiger partial charge in [0.1, 0.15) is 0 Å². The van der Waals surface area contributed by atoms with E-state index in [-0.39, 0.29) is 5.91 Å². The second-order valence-electron chi connectivity index (χ2n) is 4.01. The summed E-state index contributed by atoms with van der Waals surface area (Å²) in [5.74, 6) is 0.0398. The summed E-state index contributed by atoms with van der Waals surface area (Å²) < 4.78 is 0. The molecule has 0 bridgehead atoms. The fraction of sp³-hybridized carbons (Fsp3) is 0.462. The Balaban J connectivity index is 2.53. The third-order valence-corrected chi connectivity index (χ3v) is 2.57. The van der Waals surface area contributed by atoms with Gasteiger partial charge in [0.25, 0.3) is 0 Å². The zero-order chi connectivity index (χ0) is 12.5. The first kappa shape index (κ1) is 13.7. The number of hydrogen-bond donors (Lipinski definition) is 2. The molecule has 4 heteroatoms. The first-order valence-corrected chi connectivity index (χ1v) is 5.93. The van der Waals surface area contributed by atoms with E-state index in [0.29, 0.717) is 13.1 Å². The van der Waals surface area contributed by atoms with Crippen LogP contribution in [-0.2, 0) is 11.3 Å². The van der Waals surface area contributed by atoms with E-state index in [9.17, 15) is 4.79 Å². The normalized spacial score (nSPS) is 10.5. The third kappa shape index (κ3) is 5.47. The summed E-state index contributed by atoms with van der Waals surface area (Å²) in [6, 6.07) is 10.2. The first-order chi connectivity index (χ1) is 8.26. The number of likely N-dealkylation sites (N-methyl/N-ethyl adjacent to an activating group) is 1. The van der Waals surface area contributed by atoms with Gasteiger partial charge in [0.15, 0.2) is 0 Å². The van der Waals surface area contributed by atoms with Crippen molar-refractivity contribution < 1.29 is 4.79 Å². The van der Waals surface area contributed by atoms with Crippen molar-refractivity contribution in [2.45, 2.75) is 13.0 Å². The van der Waals surface area contributed by atoms with Gasteiger partial charge in [-0.1, -0.05) is 30.3 Å². The molecule has 94 valence electrons. The van der Waals surface area contributed by atoms with Crippen molar-refractivity contribution in [3.8, 4) is 0 Å². The van der Waals surface area contributed by atoms with E-state index < -0.39 is 0 Å². The fourth-order valence-electron chi connectivity index (χ4n) is 1.65. The summed E-state index contributed by atoms with van der Waals surface area (Å²) in [5.41, 5.74) is 6.72. The van der Waals surface area contributed by atoms with Gasteiger partial charge in [0.2, 0.25) is 5.91 Å². The van der Waals surface area contributed by atoms with E-state index in [4.69, 9.17) is 5.73 Å². The van der Waals surface area contributed by atoms with Gasteiger partial charge in [0.05, 0.1) is 6.54 Å². The van der Waals surface area contributed by atoms with Crippen LogP contribution in [0.1, 0.15) is 12.0 Å². The lowest BCUT2D eigenvalue weighted by molar-refractivity contribution is -0.121. The highest BCUT2D eigenvalue weighted by Crippen LogP contribution is 2.04. The number of nitrogens with one attached hydrogen (secondary N) is 1. The second-order valence-corrected chi connectivity index (χ2v) is 4.01. The standard InChI is InChI=1S/C13H21N3O/c1-15-13(17)11-16(9-5-8-14)10-12-6-3-2-4-7-12/h2-4,6-7H,5,8-11,14H2,1H3,(H,15,17). The molecule has 0 radical (unpaired) electrons. The van der Waals surface area contributed by atoms with Crippen molar-refractivity contribution in [2.75, 3.05) is 26.7 Å². The maximum absolute atomic E-state index is 11.4. The Morgan fingerprint density at radius 1 is 1.35 bits per heavy atom. The highest BCUT2D eigenvalue weighted by molar-refractivity contribution is 5.77. The maximum atomic E-state index is 11.4. The maximum Gasteiger partial charge on any atom is 0.233 e. The Morgan fingerprint density at radius 2 is 2.06 bits per heavy atom. The molecule has 0 fully saturated rings. The molecule has 1 aromatic carbocycles. The molecule has 0 saturated carbocycles. The number of rotatable bonds is 7. The van der Waals surface area contributed by atoms with E-state index >= 15 is 0 Å². The number of benzene rings is 1. The second kappa shape index (κ2) is 7.81. The van der Waals surface area contributed by atoms with Crippen LogP contribution in [0.3, 0.4) is 0 Å². The van der Waals surface area contributed by atoms with Crippen LogP contribution in [0, 0.1) is 0 Å². The third-order valence-electron chi connectivity index (χ3n) is 2.57. The van der Waals surface area contributed by atoms with Crippen LogP contribution in [0.5, 0.6) is 0 Å². The molecule has 0 aliphatic carbocycles. The monoisotopic (exact) mass is 235 g/mol. The smallest absolute Gasteiger partial charge is 0.233 e. The van der Waals surface area contributed by atoms with Gasteiger partial charge in [-0.3, -0.25) is 9.69 Å².